The highest BCUT2D eigenvalue weighted by Gasteiger charge is 2.10. The van der Waals surface area contributed by atoms with Gasteiger partial charge in [0.15, 0.2) is 0 Å². The zero-order chi connectivity index (χ0) is 7.28. The first-order chi connectivity index (χ1) is 4.18. The van der Waals surface area contributed by atoms with Crippen LogP contribution in [0.25, 0.3) is 0 Å². The van der Waals surface area contributed by atoms with E-state index in [-0.39, 0.29) is 0 Å². The number of carbonyl (C=O) groups is 1. The quantitative estimate of drug-likeness (QED) is 0.563. The van der Waals surface area contributed by atoms with Crippen LogP contribution >= 0.6 is 11.8 Å². The van der Waals surface area contributed by atoms with Crippen molar-refractivity contribution in [3.05, 3.63) is 6.26 Å². The highest BCUT2D eigenvalue weighted by Crippen LogP contribution is 1.99. The summed E-state index contributed by atoms with van der Waals surface area (Å²) in [7, 11) is 0. The molecular weight excluding hydrogens is 138 g/mol. The summed E-state index contributed by atoms with van der Waals surface area (Å²) < 4.78 is 0. The van der Waals surface area contributed by atoms with Crippen LogP contribution < -0.4 is 5.73 Å². The van der Waals surface area contributed by atoms with Crippen molar-refractivity contribution in [2.24, 2.45) is 5.73 Å². The number of thioether (sulfide) groups is 1. The van der Waals surface area contributed by atoms with Crippen molar-refractivity contribution < 1.29 is 9.90 Å². The fourth-order valence-corrected chi connectivity index (χ4v) is 0.754. The third-order valence-corrected chi connectivity index (χ3v) is 1.41. The predicted molar refractivity (Wildman–Crippen MR) is 38.0 cm³/mol. The van der Waals surface area contributed by atoms with Crippen LogP contribution in [0.15, 0.2) is 0 Å². The zero-order valence-corrected chi connectivity index (χ0v) is 5.86. The highest BCUT2D eigenvalue weighted by molar-refractivity contribution is 8.00. The third kappa shape index (κ3) is 4.17. The summed E-state index contributed by atoms with van der Waals surface area (Å²) in [5, 5.41) is 8.25. The molecule has 0 rings (SSSR count). The van der Waals surface area contributed by atoms with Gasteiger partial charge in [-0.2, -0.15) is 0 Å². The molecule has 0 spiro atoms. The largest absolute Gasteiger partial charge is 0.480 e. The average molecular weight is 148 g/mol. The summed E-state index contributed by atoms with van der Waals surface area (Å²) in [5.41, 5.74) is 5.16. The number of nitrogens with two attached hydrogens (primary N) is 1. The van der Waals surface area contributed by atoms with E-state index < -0.39 is 12.0 Å². The first-order valence-corrected chi connectivity index (χ1v) is 3.69. The fourth-order valence-electron chi connectivity index (χ4n) is 0.334. The van der Waals surface area contributed by atoms with Crippen molar-refractivity contribution >= 4 is 17.7 Å². The molecule has 0 amide bonds. The third-order valence-electron chi connectivity index (χ3n) is 0.890. The Kier molecular flexibility index (Phi) is 4.35. The van der Waals surface area contributed by atoms with E-state index in [9.17, 15) is 4.79 Å². The molecule has 0 heterocycles. The Morgan fingerprint density at radius 3 is 2.78 bits per heavy atom. The number of hydrogen-bond donors (Lipinski definition) is 2. The first kappa shape index (κ1) is 8.65. The molecule has 1 atom stereocenters. The lowest BCUT2D eigenvalue weighted by molar-refractivity contribution is -0.138. The van der Waals surface area contributed by atoms with Gasteiger partial charge in [0, 0.05) is 5.75 Å². The number of carboxylic acid groups (broad SMARTS) is 1. The number of hydrogen-bond acceptors (Lipinski definition) is 3. The normalized spacial score (nSPS) is 13.0. The number of aliphatic carboxylic acids is 1. The molecule has 0 aliphatic rings. The van der Waals surface area contributed by atoms with Gasteiger partial charge in [0.05, 0.1) is 11.8 Å². The molecule has 52 valence electrons. The molecule has 0 saturated heterocycles. The predicted octanol–water partition coefficient (Wildman–Crippen LogP) is 0.313. The smallest absolute Gasteiger partial charge is 0.320 e. The van der Waals surface area contributed by atoms with Crippen molar-refractivity contribution in [3.63, 3.8) is 0 Å². The van der Waals surface area contributed by atoms with Crippen molar-refractivity contribution in [2.45, 2.75) is 12.5 Å². The molecule has 9 heavy (non-hydrogen) atoms. The van der Waals surface area contributed by atoms with E-state index in [2.05, 4.69) is 6.26 Å². The Bertz CT molecular complexity index is 97.0. The van der Waals surface area contributed by atoms with Gasteiger partial charge in [-0.3, -0.25) is 4.79 Å². The second kappa shape index (κ2) is 4.52. The summed E-state index contributed by atoms with van der Waals surface area (Å²) in [6.07, 6.45) is 3.97. The summed E-state index contributed by atoms with van der Waals surface area (Å²) >= 11 is 1.35. The molecule has 0 unspecified atom stereocenters. The van der Waals surface area contributed by atoms with E-state index in [4.69, 9.17) is 10.8 Å². The Balaban J connectivity index is 3.27. The number of carboxylic acids is 1. The molecule has 0 aromatic rings. The van der Waals surface area contributed by atoms with Crippen LogP contribution in [0.5, 0.6) is 0 Å². The topological polar surface area (TPSA) is 63.3 Å². The second-order valence-electron chi connectivity index (χ2n) is 1.64. The van der Waals surface area contributed by atoms with Gasteiger partial charge in [0.1, 0.15) is 12.3 Å². The number of rotatable bonds is 4. The van der Waals surface area contributed by atoms with Gasteiger partial charge in [-0.1, -0.05) is 0 Å². The van der Waals surface area contributed by atoms with E-state index >= 15 is 0 Å². The maximum atomic E-state index is 10.1. The van der Waals surface area contributed by atoms with E-state index in [0.29, 0.717) is 12.2 Å². The van der Waals surface area contributed by atoms with Crippen molar-refractivity contribution in [1.82, 2.24) is 0 Å². The van der Waals surface area contributed by atoms with Gasteiger partial charge >= 0.3 is 5.97 Å². The fraction of sp³-hybridized carbons (Fsp3) is 0.600. The second-order valence-corrected chi connectivity index (χ2v) is 2.46. The van der Waals surface area contributed by atoms with Crippen LogP contribution in [0, 0.1) is 6.26 Å². The molecule has 0 aromatic heterocycles. The summed E-state index contributed by atoms with van der Waals surface area (Å²) in [6, 6.07) is -0.723. The molecule has 0 aliphatic heterocycles. The molecule has 0 aliphatic carbocycles. The molecule has 3 N–H and O–H groups in total. The average Bonchev–Trinajstić information content (AvgIpc) is 1.82. The zero-order valence-electron chi connectivity index (χ0n) is 5.04. The van der Waals surface area contributed by atoms with E-state index in [1.165, 1.54) is 11.8 Å². The molecule has 4 heteroatoms. The van der Waals surface area contributed by atoms with Crippen LogP contribution in [0.4, 0.5) is 0 Å². The molecule has 0 bridgehead atoms. The molecular formula is C5H10NO2S+. The van der Waals surface area contributed by atoms with Gasteiger partial charge in [-0.25, -0.2) is 0 Å². The van der Waals surface area contributed by atoms with Gasteiger partial charge in [0.2, 0.25) is 0 Å². The minimum absolute atomic E-state index is 0.490. The van der Waals surface area contributed by atoms with Crippen LogP contribution in [0.1, 0.15) is 6.42 Å². The maximum absolute atomic E-state index is 10.1. The van der Waals surface area contributed by atoms with E-state index in [1.807, 2.05) is 0 Å². The molecule has 3 nitrogen and oxygen atoms in total. The SMILES string of the molecule is [CH2+]SCC[C@H](N)C(=O)O. The van der Waals surface area contributed by atoms with Crippen LogP contribution in [0.3, 0.4) is 0 Å². The van der Waals surface area contributed by atoms with Crippen molar-refractivity contribution in [2.75, 3.05) is 5.75 Å². The van der Waals surface area contributed by atoms with Crippen molar-refractivity contribution in [1.29, 1.82) is 0 Å². The minimum atomic E-state index is -0.941. The maximum Gasteiger partial charge on any atom is 0.320 e. The Hall–Kier alpha value is -0.350. The van der Waals surface area contributed by atoms with Crippen molar-refractivity contribution in [3.8, 4) is 0 Å². The molecule has 0 fully saturated rings. The Labute approximate surface area is 58.6 Å². The first-order valence-electron chi connectivity index (χ1n) is 2.54. The lowest BCUT2D eigenvalue weighted by Crippen LogP contribution is -2.30. The Morgan fingerprint density at radius 2 is 2.44 bits per heavy atom. The van der Waals surface area contributed by atoms with E-state index in [0.717, 1.165) is 0 Å². The summed E-state index contributed by atoms with van der Waals surface area (Å²) in [6.45, 7) is 0. The van der Waals surface area contributed by atoms with Gasteiger partial charge < -0.3 is 10.8 Å². The van der Waals surface area contributed by atoms with Gasteiger partial charge in [-0.15, -0.1) is 0 Å². The van der Waals surface area contributed by atoms with Crippen LogP contribution in [0.2, 0.25) is 0 Å². The van der Waals surface area contributed by atoms with Crippen LogP contribution in [-0.4, -0.2) is 22.9 Å². The summed E-state index contributed by atoms with van der Waals surface area (Å²) in [5.74, 6) is -0.239. The monoisotopic (exact) mass is 148 g/mol. The van der Waals surface area contributed by atoms with Gasteiger partial charge in [-0.05, 0) is 6.42 Å². The summed E-state index contributed by atoms with van der Waals surface area (Å²) in [4.78, 5) is 10.1. The molecule has 0 saturated carbocycles. The minimum Gasteiger partial charge on any atom is -0.480 e. The lowest BCUT2D eigenvalue weighted by Gasteiger charge is -2.00. The van der Waals surface area contributed by atoms with E-state index in [1.54, 1.807) is 0 Å². The lowest BCUT2D eigenvalue weighted by atomic mass is 10.2. The standard InChI is InChI=1S/C5H9NO2S/c1-9-3-2-4(6)5(7)8/h4H,1-3,6H2/p+1/t4-/m0/s1. The van der Waals surface area contributed by atoms with Gasteiger partial charge in [0.25, 0.3) is 0 Å². The molecule has 0 radical (unpaired) electrons. The Morgan fingerprint density at radius 1 is 1.89 bits per heavy atom. The molecule has 0 aromatic carbocycles. The van der Waals surface area contributed by atoms with Crippen LogP contribution in [-0.2, 0) is 4.79 Å². The highest BCUT2D eigenvalue weighted by atomic mass is 32.2.